The number of rotatable bonds is 7. The van der Waals surface area contributed by atoms with Crippen LogP contribution in [0.25, 0.3) is 0 Å². The molecule has 0 fully saturated rings. The fourth-order valence-electron chi connectivity index (χ4n) is 1.12. The summed E-state index contributed by atoms with van der Waals surface area (Å²) in [5.41, 5.74) is 5.29. The van der Waals surface area contributed by atoms with Crippen molar-refractivity contribution in [1.29, 1.82) is 0 Å². The molecule has 7 nitrogen and oxygen atoms in total. The van der Waals surface area contributed by atoms with Gasteiger partial charge >= 0.3 is 5.97 Å². The maximum Gasteiger partial charge on any atom is 0.322 e. The standard InChI is InChI=1S/C9H17N3O4/c1-6(13)12-7(3-2-4-10)9(16)11-5-8(14)15/h7H,2-5,10H2,1H3,(H,11,16)(H,12,13)(H,14,15)/t7-/m0/s1. The lowest BCUT2D eigenvalue weighted by Gasteiger charge is -2.16. The summed E-state index contributed by atoms with van der Waals surface area (Å²) >= 11 is 0. The fourth-order valence-corrected chi connectivity index (χ4v) is 1.12. The minimum absolute atomic E-state index is 0.340. The Morgan fingerprint density at radius 1 is 1.38 bits per heavy atom. The van der Waals surface area contributed by atoms with Gasteiger partial charge in [-0.15, -0.1) is 0 Å². The van der Waals surface area contributed by atoms with Crippen LogP contribution < -0.4 is 16.4 Å². The van der Waals surface area contributed by atoms with Crippen molar-refractivity contribution >= 4 is 17.8 Å². The number of carboxylic acid groups (broad SMARTS) is 1. The summed E-state index contributed by atoms with van der Waals surface area (Å²) in [5, 5.41) is 13.0. The zero-order chi connectivity index (χ0) is 12.6. The summed E-state index contributed by atoms with van der Waals surface area (Å²) in [5.74, 6) is -1.98. The largest absolute Gasteiger partial charge is 0.480 e. The third kappa shape index (κ3) is 6.77. The summed E-state index contributed by atoms with van der Waals surface area (Å²) in [4.78, 5) is 32.5. The number of aliphatic carboxylic acids is 1. The number of nitrogens with two attached hydrogens (primary N) is 1. The molecule has 0 radical (unpaired) electrons. The van der Waals surface area contributed by atoms with Crippen LogP contribution in [0.1, 0.15) is 19.8 Å². The molecule has 0 aliphatic rings. The van der Waals surface area contributed by atoms with Gasteiger partial charge in [-0.3, -0.25) is 14.4 Å². The van der Waals surface area contributed by atoms with E-state index in [-0.39, 0.29) is 5.91 Å². The summed E-state index contributed by atoms with van der Waals surface area (Å²) in [6.07, 6.45) is 0.965. The predicted molar refractivity (Wildman–Crippen MR) is 56.5 cm³/mol. The second-order valence-electron chi connectivity index (χ2n) is 3.30. The number of carbonyl (C=O) groups excluding carboxylic acids is 2. The van der Waals surface area contributed by atoms with Crippen LogP contribution in [0.5, 0.6) is 0 Å². The Morgan fingerprint density at radius 3 is 2.44 bits per heavy atom. The lowest BCUT2D eigenvalue weighted by atomic mass is 10.1. The van der Waals surface area contributed by atoms with Crippen molar-refractivity contribution < 1.29 is 19.5 Å². The zero-order valence-corrected chi connectivity index (χ0v) is 9.16. The molecular weight excluding hydrogens is 214 g/mol. The Labute approximate surface area is 93.4 Å². The van der Waals surface area contributed by atoms with E-state index in [9.17, 15) is 14.4 Å². The molecule has 0 aliphatic carbocycles. The third-order valence-corrected chi connectivity index (χ3v) is 1.80. The Kier molecular flexibility index (Phi) is 6.86. The molecule has 0 spiro atoms. The lowest BCUT2D eigenvalue weighted by Crippen LogP contribution is -2.47. The maximum atomic E-state index is 11.5. The van der Waals surface area contributed by atoms with E-state index in [1.54, 1.807) is 0 Å². The second-order valence-corrected chi connectivity index (χ2v) is 3.30. The first kappa shape index (κ1) is 14.4. The molecule has 5 N–H and O–H groups in total. The summed E-state index contributed by atoms with van der Waals surface area (Å²) in [6.45, 7) is 1.24. The van der Waals surface area contributed by atoms with Crippen LogP contribution in [-0.2, 0) is 14.4 Å². The number of amides is 2. The van der Waals surface area contributed by atoms with Crippen LogP contribution in [-0.4, -0.2) is 42.0 Å². The molecule has 16 heavy (non-hydrogen) atoms. The molecular formula is C9H17N3O4. The summed E-state index contributed by atoms with van der Waals surface area (Å²) in [6, 6.07) is -0.722. The Hall–Kier alpha value is -1.63. The Bertz CT molecular complexity index is 267. The molecule has 0 aliphatic heterocycles. The SMILES string of the molecule is CC(=O)N[C@@H](CCCN)C(=O)NCC(=O)O. The van der Waals surface area contributed by atoms with E-state index in [0.717, 1.165) is 0 Å². The van der Waals surface area contributed by atoms with Crippen molar-refractivity contribution in [2.24, 2.45) is 5.73 Å². The first-order valence-electron chi connectivity index (χ1n) is 4.94. The average molecular weight is 231 g/mol. The van der Waals surface area contributed by atoms with E-state index < -0.39 is 24.5 Å². The Balaban J connectivity index is 4.19. The van der Waals surface area contributed by atoms with Gasteiger partial charge in [-0.1, -0.05) is 0 Å². The van der Waals surface area contributed by atoms with E-state index in [1.165, 1.54) is 6.92 Å². The molecule has 1 atom stereocenters. The van der Waals surface area contributed by atoms with Gasteiger partial charge in [-0.05, 0) is 19.4 Å². The van der Waals surface area contributed by atoms with Crippen LogP contribution >= 0.6 is 0 Å². The first-order chi connectivity index (χ1) is 7.47. The summed E-state index contributed by atoms with van der Waals surface area (Å²) in [7, 11) is 0. The van der Waals surface area contributed by atoms with E-state index in [4.69, 9.17) is 10.8 Å². The maximum absolute atomic E-state index is 11.5. The van der Waals surface area contributed by atoms with Gasteiger partial charge in [0.1, 0.15) is 12.6 Å². The monoisotopic (exact) mass is 231 g/mol. The number of hydrogen-bond donors (Lipinski definition) is 4. The van der Waals surface area contributed by atoms with Crippen molar-refractivity contribution in [3.63, 3.8) is 0 Å². The minimum Gasteiger partial charge on any atom is -0.480 e. The van der Waals surface area contributed by atoms with E-state index in [1.807, 2.05) is 0 Å². The zero-order valence-electron chi connectivity index (χ0n) is 9.16. The number of carbonyl (C=O) groups is 3. The molecule has 2 amide bonds. The van der Waals surface area contributed by atoms with Crippen molar-refractivity contribution in [2.75, 3.05) is 13.1 Å². The van der Waals surface area contributed by atoms with Gasteiger partial charge in [0, 0.05) is 6.92 Å². The van der Waals surface area contributed by atoms with Crippen LogP contribution in [0.2, 0.25) is 0 Å². The average Bonchev–Trinajstić information content (AvgIpc) is 2.20. The predicted octanol–water partition coefficient (Wildman–Crippen LogP) is -1.57. The topological polar surface area (TPSA) is 122 Å². The second kappa shape index (κ2) is 7.63. The van der Waals surface area contributed by atoms with Crippen molar-refractivity contribution in [2.45, 2.75) is 25.8 Å². The lowest BCUT2D eigenvalue weighted by molar-refractivity contribution is -0.138. The molecule has 7 heteroatoms. The molecule has 0 saturated carbocycles. The molecule has 0 heterocycles. The normalized spacial score (nSPS) is 11.6. The molecule has 0 rings (SSSR count). The van der Waals surface area contributed by atoms with Crippen molar-refractivity contribution in [3.05, 3.63) is 0 Å². The van der Waals surface area contributed by atoms with Gasteiger partial charge in [0.15, 0.2) is 0 Å². The molecule has 0 aromatic heterocycles. The summed E-state index contributed by atoms with van der Waals surface area (Å²) < 4.78 is 0. The van der Waals surface area contributed by atoms with Crippen LogP contribution in [0, 0.1) is 0 Å². The molecule has 0 unspecified atom stereocenters. The van der Waals surface area contributed by atoms with Gasteiger partial charge in [0.05, 0.1) is 0 Å². The smallest absolute Gasteiger partial charge is 0.322 e. The molecule has 0 saturated heterocycles. The number of hydrogen-bond acceptors (Lipinski definition) is 4. The highest BCUT2D eigenvalue weighted by Crippen LogP contribution is 1.96. The molecule has 92 valence electrons. The third-order valence-electron chi connectivity index (χ3n) is 1.80. The number of nitrogens with one attached hydrogen (secondary N) is 2. The number of carboxylic acids is 1. The first-order valence-corrected chi connectivity index (χ1v) is 4.94. The van der Waals surface area contributed by atoms with Crippen molar-refractivity contribution in [3.8, 4) is 0 Å². The molecule has 0 aromatic rings. The van der Waals surface area contributed by atoms with E-state index in [2.05, 4.69) is 10.6 Å². The molecule has 0 aromatic carbocycles. The highest BCUT2D eigenvalue weighted by molar-refractivity contribution is 5.88. The highest BCUT2D eigenvalue weighted by atomic mass is 16.4. The van der Waals surface area contributed by atoms with Crippen LogP contribution in [0.15, 0.2) is 0 Å². The van der Waals surface area contributed by atoms with E-state index in [0.29, 0.717) is 19.4 Å². The van der Waals surface area contributed by atoms with Gasteiger partial charge in [0.2, 0.25) is 11.8 Å². The van der Waals surface area contributed by atoms with Gasteiger partial charge in [0.25, 0.3) is 0 Å². The quantitative estimate of drug-likeness (QED) is 0.422. The molecule has 0 bridgehead atoms. The van der Waals surface area contributed by atoms with Gasteiger partial charge in [-0.25, -0.2) is 0 Å². The Morgan fingerprint density at radius 2 is 2.00 bits per heavy atom. The van der Waals surface area contributed by atoms with E-state index >= 15 is 0 Å². The van der Waals surface area contributed by atoms with Gasteiger partial charge < -0.3 is 21.5 Å². The van der Waals surface area contributed by atoms with Gasteiger partial charge in [-0.2, -0.15) is 0 Å². The van der Waals surface area contributed by atoms with Crippen LogP contribution in [0.4, 0.5) is 0 Å². The van der Waals surface area contributed by atoms with Crippen molar-refractivity contribution in [1.82, 2.24) is 10.6 Å². The minimum atomic E-state index is -1.13. The highest BCUT2D eigenvalue weighted by Gasteiger charge is 2.18. The van der Waals surface area contributed by atoms with Crippen LogP contribution in [0.3, 0.4) is 0 Å². The fraction of sp³-hybridized carbons (Fsp3) is 0.667.